The maximum absolute atomic E-state index is 15.0. The Bertz CT molecular complexity index is 1290. The summed E-state index contributed by atoms with van der Waals surface area (Å²) < 4.78 is 30.1. The number of aromatic amines is 1. The van der Waals surface area contributed by atoms with Crippen LogP contribution in [0.2, 0.25) is 0 Å². The van der Waals surface area contributed by atoms with Gasteiger partial charge in [0.15, 0.2) is 5.60 Å². The van der Waals surface area contributed by atoms with Crippen LogP contribution in [-0.2, 0) is 5.60 Å². The molecule has 0 bridgehead atoms. The lowest BCUT2D eigenvalue weighted by molar-refractivity contribution is 0.109. The van der Waals surface area contributed by atoms with Gasteiger partial charge in [-0.1, -0.05) is 43.0 Å². The van der Waals surface area contributed by atoms with Gasteiger partial charge in [-0.2, -0.15) is 5.21 Å². The Hall–Kier alpha value is -3.98. The van der Waals surface area contributed by atoms with E-state index in [0.29, 0.717) is 35.0 Å². The number of rotatable bonds is 7. The van der Waals surface area contributed by atoms with E-state index in [0.717, 1.165) is 0 Å². The van der Waals surface area contributed by atoms with E-state index in [1.165, 1.54) is 36.4 Å². The van der Waals surface area contributed by atoms with Gasteiger partial charge in [0.25, 0.3) is 0 Å². The van der Waals surface area contributed by atoms with Gasteiger partial charge in [0, 0.05) is 28.9 Å². The van der Waals surface area contributed by atoms with E-state index in [2.05, 4.69) is 32.2 Å². The van der Waals surface area contributed by atoms with Gasteiger partial charge in [0.2, 0.25) is 5.82 Å². The first-order chi connectivity index (χ1) is 16.3. The van der Waals surface area contributed by atoms with Crippen molar-refractivity contribution in [2.75, 3.05) is 11.4 Å². The molecule has 0 unspecified atom stereocenters. The van der Waals surface area contributed by atoms with Crippen LogP contribution in [0.3, 0.4) is 0 Å². The first-order valence-corrected chi connectivity index (χ1v) is 10.7. The van der Waals surface area contributed by atoms with Crippen LogP contribution >= 0.6 is 0 Å². The van der Waals surface area contributed by atoms with Gasteiger partial charge in [-0.25, -0.2) is 8.78 Å². The molecule has 0 saturated heterocycles. The summed E-state index contributed by atoms with van der Waals surface area (Å²) in [6, 6.07) is 13.3. The van der Waals surface area contributed by atoms with Crippen LogP contribution in [-0.4, -0.2) is 37.3 Å². The molecule has 0 spiro atoms. The molecule has 0 radical (unpaired) electrons. The smallest absolute Gasteiger partial charge is 0.206 e. The highest BCUT2D eigenvalue weighted by Crippen LogP contribution is 2.42. The van der Waals surface area contributed by atoms with Crippen molar-refractivity contribution in [3.63, 3.8) is 0 Å². The van der Waals surface area contributed by atoms with E-state index < -0.39 is 17.2 Å². The van der Waals surface area contributed by atoms with Crippen molar-refractivity contribution in [1.29, 1.82) is 0 Å². The largest absolute Gasteiger partial charge is 0.374 e. The Morgan fingerprint density at radius 2 is 1.62 bits per heavy atom. The molecule has 0 fully saturated rings. The second-order valence-electron chi connectivity index (χ2n) is 7.82. The van der Waals surface area contributed by atoms with E-state index in [-0.39, 0.29) is 16.8 Å². The lowest BCUT2D eigenvalue weighted by Crippen LogP contribution is -2.41. The van der Waals surface area contributed by atoms with Gasteiger partial charge in [-0.3, -0.25) is 4.98 Å². The van der Waals surface area contributed by atoms with Crippen LogP contribution in [0.15, 0.2) is 66.9 Å². The third-order valence-electron chi connectivity index (χ3n) is 5.84. The summed E-state index contributed by atoms with van der Waals surface area (Å²) in [5, 5.41) is 26.2. The molecule has 9 heteroatoms. The van der Waals surface area contributed by atoms with Crippen LogP contribution in [0.25, 0.3) is 11.4 Å². The normalized spacial score (nSPS) is 11.5. The molecule has 4 rings (SSSR count). The van der Waals surface area contributed by atoms with Gasteiger partial charge < -0.3 is 10.0 Å². The predicted octanol–water partition coefficient (Wildman–Crippen LogP) is 4.43. The summed E-state index contributed by atoms with van der Waals surface area (Å²) in [5.41, 5.74) is 0.179. The third kappa shape index (κ3) is 3.84. The van der Waals surface area contributed by atoms with Crippen LogP contribution in [0, 0.1) is 25.5 Å². The fourth-order valence-corrected chi connectivity index (χ4v) is 4.16. The number of nitrogens with zero attached hydrogens (tertiary/aromatic N) is 5. The third-order valence-corrected chi connectivity index (χ3v) is 5.84. The number of aliphatic hydroxyl groups is 1. The lowest BCUT2D eigenvalue weighted by Gasteiger charge is -2.39. The monoisotopic (exact) mass is 462 g/mol. The van der Waals surface area contributed by atoms with Crippen LogP contribution in [0.1, 0.15) is 29.4 Å². The van der Waals surface area contributed by atoms with Crippen molar-refractivity contribution in [2.45, 2.75) is 26.4 Å². The Labute approximate surface area is 195 Å². The van der Waals surface area contributed by atoms with Crippen LogP contribution in [0.4, 0.5) is 14.5 Å². The Kier molecular flexibility index (Phi) is 6.21. The average Bonchev–Trinajstić information content (AvgIpc) is 3.35. The Morgan fingerprint density at radius 1 is 1.03 bits per heavy atom. The van der Waals surface area contributed by atoms with Crippen molar-refractivity contribution >= 4 is 5.69 Å². The number of pyridine rings is 1. The molecular weight excluding hydrogens is 438 g/mol. The van der Waals surface area contributed by atoms with E-state index in [1.807, 2.05) is 20.8 Å². The van der Waals surface area contributed by atoms with Crippen LogP contribution in [0.5, 0.6) is 0 Å². The minimum atomic E-state index is -2.20. The van der Waals surface area contributed by atoms with Gasteiger partial charge in [-0.05, 0) is 44.2 Å². The number of nitrogens with one attached hydrogen (secondary N) is 1. The summed E-state index contributed by atoms with van der Waals surface area (Å²) in [5.74, 6) is -1.01. The number of aryl methyl sites for hydroxylation is 2. The maximum Gasteiger partial charge on any atom is 0.206 e. The zero-order valence-electron chi connectivity index (χ0n) is 19.0. The topological polar surface area (TPSA) is 90.8 Å². The lowest BCUT2D eigenvalue weighted by atomic mass is 9.82. The molecule has 0 aliphatic rings. The number of tetrazole rings is 1. The van der Waals surface area contributed by atoms with Crippen molar-refractivity contribution in [3.05, 3.63) is 101 Å². The van der Waals surface area contributed by atoms with Gasteiger partial charge in [-0.15, -0.1) is 10.2 Å². The van der Waals surface area contributed by atoms with Crippen molar-refractivity contribution in [2.24, 2.45) is 0 Å². The molecule has 2 aromatic heterocycles. The molecule has 2 heterocycles. The minimum absolute atomic E-state index is 0.0676. The molecule has 0 aliphatic carbocycles. The molecule has 2 N–H and O–H groups in total. The standard InChI is InChI=1S/C25H24F2N6O/c1-5-33(23-14-18(15(2)28-16(23)3)24-29-31-32-30-24)17(4)25(34,19-10-6-8-12-21(19)26)20-11-7-9-13-22(20)27/h6-14,34H,4-5H2,1-3H3,(H,29,30,31,32). The van der Waals surface area contributed by atoms with Gasteiger partial charge >= 0.3 is 0 Å². The van der Waals surface area contributed by atoms with Crippen molar-refractivity contribution in [3.8, 4) is 11.4 Å². The number of halogens is 2. The molecule has 0 amide bonds. The second-order valence-corrected chi connectivity index (χ2v) is 7.82. The summed E-state index contributed by atoms with van der Waals surface area (Å²) in [7, 11) is 0. The first kappa shape index (κ1) is 23.2. The number of likely N-dealkylation sites (N-methyl/N-ethyl adjacent to an activating group) is 1. The maximum atomic E-state index is 15.0. The molecule has 0 saturated carbocycles. The predicted molar refractivity (Wildman–Crippen MR) is 125 cm³/mol. The molecule has 0 aliphatic heterocycles. The Morgan fingerprint density at radius 3 is 2.12 bits per heavy atom. The fraction of sp³-hybridized carbons (Fsp3) is 0.200. The van der Waals surface area contributed by atoms with E-state index in [9.17, 15) is 5.11 Å². The van der Waals surface area contributed by atoms with E-state index >= 15 is 8.78 Å². The average molecular weight is 463 g/mol. The molecule has 34 heavy (non-hydrogen) atoms. The number of anilines is 1. The molecule has 0 atom stereocenters. The quantitative estimate of drug-likeness (QED) is 0.422. The number of aromatic nitrogens is 5. The van der Waals surface area contributed by atoms with Crippen molar-refractivity contribution in [1.82, 2.24) is 25.6 Å². The summed E-state index contributed by atoms with van der Waals surface area (Å²) in [6.45, 7) is 9.94. The number of hydrogen-bond donors (Lipinski definition) is 2. The fourth-order valence-electron chi connectivity index (χ4n) is 4.16. The number of benzene rings is 2. The van der Waals surface area contributed by atoms with Gasteiger partial charge in [0.1, 0.15) is 11.6 Å². The molecule has 4 aromatic rings. The van der Waals surface area contributed by atoms with E-state index in [1.54, 1.807) is 23.1 Å². The highest BCUT2D eigenvalue weighted by atomic mass is 19.1. The first-order valence-electron chi connectivity index (χ1n) is 10.7. The SMILES string of the molecule is C=C(N(CC)c1cc(-c2nn[nH]n2)c(C)nc1C)C(O)(c1ccccc1F)c1ccccc1F. The highest BCUT2D eigenvalue weighted by Gasteiger charge is 2.42. The number of hydrogen-bond acceptors (Lipinski definition) is 6. The molecule has 2 aromatic carbocycles. The highest BCUT2D eigenvalue weighted by molar-refractivity contribution is 5.69. The van der Waals surface area contributed by atoms with Gasteiger partial charge in [0.05, 0.1) is 17.1 Å². The second kappa shape index (κ2) is 9.11. The molecule has 7 nitrogen and oxygen atoms in total. The zero-order chi connectivity index (χ0) is 24.5. The summed E-state index contributed by atoms with van der Waals surface area (Å²) >= 11 is 0. The Balaban J connectivity index is 1.92. The summed E-state index contributed by atoms with van der Waals surface area (Å²) in [6.07, 6.45) is 0. The summed E-state index contributed by atoms with van der Waals surface area (Å²) in [4.78, 5) is 6.29. The molecular formula is C25H24F2N6O. The molecule has 174 valence electrons. The van der Waals surface area contributed by atoms with Crippen molar-refractivity contribution < 1.29 is 13.9 Å². The number of H-pyrrole nitrogens is 1. The zero-order valence-corrected chi connectivity index (χ0v) is 19.0. The minimum Gasteiger partial charge on any atom is -0.374 e. The van der Waals surface area contributed by atoms with E-state index in [4.69, 9.17) is 0 Å². The van der Waals surface area contributed by atoms with Crippen LogP contribution < -0.4 is 4.90 Å².